The molecular weight excluding hydrogens is 339 g/mol. The number of hydrogen-bond acceptors (Lipinski definition) is 0. The van der Waals surface area contributed by atoms with Crippen molar-refractivity contribution in [1.82, 2.24) is 0 Å². The van der Waals surface area contributed by atoms with Crippen LogP contribution in [0.2, 0.25) is 0 Å². The van der Waals surface area contributed by atoms with Crippen molar-refractivity contribution < 1.29 is 39.5 Å². The van der Waals surface area contributed by atoms with E-state index in [4.69, 9.17) is 0 Å². The van der Waals surface area contributed by atoms with Crippen LogP contribution in [-0.4, -0.2) is 0 Å². The summed E-state index contributed by atoms with van der Waals surface area (Å²) in [4.78, 5) is 0. The molecule has 0 atom stereocenters. The maximum absolute atomic E-state index is 14.3. The second kappa shape index (κ2) is 4.42. The van der Waals surface area contributed by atoms with E-state index in [1.807, 2.05) is 0 Å². The highest BCUT2D eigenvalue weighted by atomic mass is 19.3. The Hall–Kier alpha value is -2.19. The first-order chi connectivity index (χ1) is 10.5. The van der Waals surface area contributed by atoms with E-state index in [-0.39, 0.29) is 0 Å². The second-order valence-corrected chi connectivity index (χ2v) is 4.90. The van der Waals surface area contributed by atoms with E-state index in [1.54, 1.807) is 0 Å². The van der Waals surface area contributed by atoms with Gasteiger partial charge in [-0.15, -0.1) is 0 Å². The number of alkyl halides is 2. The SMILES string of the molecule is Cc1c(F)c(F)c(F)c2c1C(F)(F)c1c(F)c(F)c(F)c(F)c1-2. The van der Waals surface area contributed by atoms with Crippen LogP contribution in [0.15, 0.2) is 0 Å². The molecule has 0 saturated carbocycles. The van der Waals surface area contributed by atoms with Crippen LogP contribution in [0.1, 0.15) is 16.7 Å². The zero-order valence-electron chi connectivity index (χ0n) is 10.9. The highest BCUT2D eigenvalue weighted by Gasteiger charge is 2.53. The molecule has 1 aliphatic rings. The number of rotatable bonds is 0. The first-order valence-corrected chi connectivity index (χ1v) is 5.95. The average molecular weight is 342 g/mol. The number of halogens is 9. The lowest BCUT2D eigenvalue weighted by atomic mass is 9.99. The zero-order chi connectivity index (χ0) is 17.4. The molecule has 0 fully saturated rings. The van der Waals surface area contributed by atoms with Crippen molar-refractivity contribution in [2.75, 3.05) is 0 Å². The first-order valence-electron chi connectivity index (χ1n) is 5.95. The average Bonchev–Trinajstić information content (AvgIpc) is 2.74. The van der Waals surface area contributed by atoms with Crippen molar-refractivity contribution in [2.24, 2.45) is 0 Å². The Kier molecular flexibility index (Phi) is 3.02. The van der Waals surface area contributed by atoms with Crippen molar-refractivity contribution in [2.45, 2.75) is 12.8 Å². The van der Waals surface area contributed by atoms with Gasteiger partial charge in [0.25, 0.3) is 0 Å². The number of fused-ring (bicyclic) bond motifs is 3. The van der Waals surface area contributed by atoms with Gasteiger partial charge in [0.1, 0.15) is 0 Å². The van der Waals surface area contributed by atoms with Crippen LogP contribution in [0.5, 0.6) is 0 Å². The van der Waals surface area contributed by atoms with Crippen LogP contribution >= 0.6 is 0 Å². The van der Waals surface area contributed by atoms with Gasteiger partial charge in [-0.2, -0.15) is 8.78 Å². The van der Waals surface area contributed by atoms with Crippen LogP contribution in [0, 0.1) is 47.6 Å². The van der Waals surface area contributed by atoms with Gasteiger partial charge in [0.15, 0.2) is 40.7 Å². The maximum Gasteiger partial charge on any atom is 0.303 e. The Morgan fingerprint density at radius 1 is 0.522 bits per heavy atom. The molecule has 0 spiro atoms. The molecule has 0 aromatic heterocycles. The summed E-state index contributed by atoms with van der Waals surface area (Å²) in [5, 5.41) is 0. The summed E-state index contributed by atoms with van der Waals surface area (Å²) in [6.45, 7) is 0.624. The Bertz CT molecular complexity index is 812. The molecular formula is C14H3F9. The Labute approximate surface area is 122 Å². The molecule has 23 heavy (non-hydrogen) atoms. The molecule has 0 unspecified atom stereocenters. The number of hydrogen-bond donors (Lipinski definition) is 0. The Morgan fingerprint density at radius 3 is 1.43 bits per heavy atom. The van der Waals surface area contributed by atoms with Gasteiger partial charge in [0, 0.05) is 16.7 Å². The third-order valence-electron chi connectivity index (χ3n) is 3.70. The Morgan fingerprint density at radius 2 is 0.913 bits per heavy atom. The molecule has 0 N–H and O–H groups in total. The van der Waals surface area contributed by atoms with Crippen molar-refractivity contribution in [1.29, 1.82) is 0 Å². The smallest absolute Gasteiger partial charge is 0.203 e. The van der Waals surface area contributed by atoms with Gasteiger partial charge in [-0.3, -0.25) is 0 Å². The second-order valence-electron chi connectivity index (χ2n) is 4.90. The summed E-state index contributed by atoms with van der Waals surface area (Å²) in [6.07, 6.45) is 0. The third-order valence-corrected chi connectivity index (χ3v) is 3.70. The van der Waals surface area contributed by atoms with Crippen LogP contribution in [0.3, 0.4) is 0 Å². The molecule has 0 aliphatic heterocycles. The minimum atomic E-state index is -4.58. The van der Waals surface area contributed by atoms with Gasteiger partial charge < -0.3 is 0 Å². The van der Waals surface area contributed by atoms with Crippen molar-refractivity contribution >= 4 is 0 Å². The molecule has 0 amide bonds. The molecule has 0 saturated heterocycles. The van der Waals surface area contributed by atoms with Crippen molar-refractivity contribution in [3.63, 3.8) is 0 Å². The monoisotopic (exact) mass is 342 g/mol. The summed E-state index contributed by atoms with van der Waals surface area (Å²) in [7, 11) is 0. The lowest BCUT2D eigenvalue weighted by Crippen LogP contribution is -2.17. The largest absolute Gasteiger partial charge is 0.303 e. The van der Waals surface area contributed by atoms with Crippen LogP contribution < -0.4 is 0 Å². The van der Waals surface area contributed by atoms with Gasteiger partial charge in [0.2, 0.25) is 0 Å². The molecule has 9 heteroatoms. The summed E-state index contributed by atoms with van der Waals surface area (Å²) >= 11 is 0. The zero-order valence-corrected chi connectivity index (χ0v) is 10.9. The summed E-state index contributed by atoms with van der Waals surface area (Å²) in [5.41, 5.74) is -7.90. The topological polar surface area (TPSA) is 0 Å². The van der Waals surface area contributed by atoms with E-state index in [0.29, 0.717) is 6.92 Å². The molecule has 2 aromatic carbocycles. The number of benzene rings is 2. The van der Waals surface area contributed by atoms with Crippen LogP contribution in [0.25, 0.3) is 11.1 Å². The quantitative estimate of drug-likeness (QED) is 0.355. The molecule has 1 aliphatic carbocycles. The van der Waals surface area contributed by atoms with E-state index in [9.17, 15) is 39.5 Å². The maximum atomic E-state index is 14.3. The van der Waals surface area contributed by atoms with Gasteiger partial charge in [-0.05, 0) is 12.5 Å². The molecule has 122 valence electrons. The first kappa shape index (κ1) is 15.7. The summed E-state index contributed by atoms with van der Waals surface area (Å²) in [6, 6.07) is 0. The van der Waals surface area contributed by atoms with Gasteiger partial charge in [0.05, 0.1) is 5.56 Å². The predicted octanol–water partition coefficient (Wildman–Crippen LogP) is 5.09. The van der Waals surface area contributed by atoms with Crippen LogP contribution in [0.4, 0.5) is 39.5 Å². The predicted molar refractivity (Wildman–Crippen MR) is 59.3 cm³/mol. The third kappa shape index (κ3) is 1.64. The lowest BCUT2D eigenvalue weighted by molar-refractivity contribution is 0.0417. The Balaban J connectivity index is 2.63. The van der Waals surface area contributed by atoms with Gasteiger partial charge in [-0.25, -0.2) is 30.7 Å². The normalized spacial score (nSPS) is 14.9. The van der Waals surface area contributed by atoms with E-state index in [2.05, 4.69) is 0 Å². The summed E-state index contributed by atoms with van der Waals surface area (Å²) < 4.78 is 123. The highest BCUT2D eigenvalue weighted by Crippen LogP contribution is 2.56. The van der Waals surface area contributed by atoms with Crippen LogP contribution in [-0.2, 0) is 5.92 Å². The standard InChI is InChI=1S/C14H3F9/c1-2-5-3(8(16)11(19)7(2)15)4-6(14(5,22)23)10(18)13(21)12(20)9(4)17/h1H3. The van der Waals surface area contributed by atoms with E-state index in [0.717, 1.165) is 0 Å². The van der Waals surface area contributed by atoms with E-state index < -0.39 is 74.5 Å². The molecule has 2 aromatic rings. The highest BCUT2D eigenvalue weighted by molar-refractivity contribution is 5.82. The van der Waals surface area contributed by atoms with Crippen molar-refractivity contribution in [3.8, 4) is 11.1 Å². The molecule has 0 bridgehead atoms. The fraction of sp³-hybridized carbons (Fsp3) is 0.143. The summed E-state index contributed by atoms with van der Waals surface area (Å²) in [5.74, 6) is -20.8. The fourth-order valence-corrected chi connectivity index (χ4v) is 2.69. The van der Waals surface area contributed by atoms with E-state index >= 15 is 0 Å². The van der Waals surface area contributed by atoms with E-state index in [1.165, 1.54) is 0 Å². The molecule has 0 heterocycles. The van der Waals surface area contributed by atoms with Crippen molar-refractivity contribution in [3.05, 3.63) is 57.4 Å². The molecule has 0 nitrogen and oxygen atoms in total. The minimum absolute atomic E-state index is 0.624. The molecule has 3 rings (SSSR count). The van der Waals surface area contributed by atoms with Gasteiger partial charge >= 0.3 is 5.92 Å². The fourth-order valence-electron chi connectivity index (χ4n) is 2.69. The lowest BCUT2D eigenvalue weighted by Gasteiger charge is -2.16. The minimum Gasteiger partial charge on any atom is -0.203 e. The van der Waals surface area contributed by atoms with Gasteiger partial charge in [-0.1, -0.05) is 0 Å². The molecule has 0 radical (unpaired) electrons.